The van der Waals surface area contributed by atoms with Crippen LogP contribution in [0.2, 0.25) is 0 Å². The molecule has 0 saturated heterocycles. The van der Waals surface area contributed by atoms with Gasteiger partial charge in [0.25, 0.3) is 0 Å². The molecule has 3 aromatic rings. The molecule has 1 heterocycles. The van der Waals surface area contributed by atoms with Gasteiger partial charge in [-0.25, -0.2) is 9.78 Å². The number of benzene rings is 2. The van der Waals surface area contributed by atoms with Crippen molar-refractivity contribution in [1.82, 2.24) is 9.55 Å². The van der Waals surface area contributed by atoms with Crippen LogP contribution in [0.3, 0.4) is 0 Å². The average Bonchev–Trinajstić information content (AvgIpc) is 3.19. The van der Waals surface area contributed by atoms with E-state index in [0.29, 0.717) is 17.5 Å². The number of hydrogen-bond donors (Lipinski definition) is 1. The average molecular weight is 278 g/mol. The standard InChI is InChI=1S/C17H14N2O2/c20-17(21)12-7-4-8-14-16(12)18-10-19(14)15-9-13(15)11-5-2-1-3-6-11/h1-8,10,13,15H,9H2,(H,20,21). The lowest BCUT2D eigenvalue weighted by Crippen LogP contribution is -1.98. The van der Waals surface area contributed by atoms with E-state index in [0.717, 1.165) is 11.9 Å². The van der Waals surface area contributed by atoms with Crippen LogP contribution >= 0.6 is 0 Å². The Morgan fingerprint density at radius 2 is 1.95 bits per heavy atom. The van der Waals surface area contributed by atoms with E-state index in [9.17, 15) is 9.90 Å². The summed E-state index contributed by atoms with van der Waals surface area (Å²) in [6.07, 6.45) is 2.84. The molecule has 4 nitrogen and oxygen atoms in total. The molecule has 1 aromatic heterocycles. The number of para-hydroxylation sites is 1. The predicted octanol–water partition coefficient (Wildman–Crippen LogP) is 3.46. The van der Waals surface area contributed by atoms with Crippen molar-refractivity contribution in [2.24, 2.45) is 0 Å². The molecule has 1 fully saturated rings. The smallest absolute Gasteiger partial charge is 0.337 e. The molecule has 0 radical (unpaired) electrons. The van der Waals surface area contributed by atoms with Crippen LogP contribution in [0, 0.1) is 0 Å². The van der Waals surface area contributed by atoms with Crippen LogP contribution in [-0.4, -0.2) is 20.6 Å². The van der Waals surface area contributed by atoms with Crippen molar-refractivity contribution in [1.29, 1.82) is 0 Å². The lowest BCUT2D eigenvalue weighted by Gasteiger charge is -2.04. The van der Waals surface area contributed by atoms with Crippen molar-refractivity contribution in [2.45, 2.75) is 18.4 Å². The number of carboxylic acid groups (broad SMARTS) is 1. The Bertz CT molecular complexity index is 823. The molecule has 1 aliphatic rings. The molecule has 4 rings (SSSR count). The Morgan fingerprint density at radius 1 is 1.14 bits per heavy atom. The molecule has 0 aliphatic heterocycles. The predicted molar refractivity (Wildman–Crippen MR) is 79.5 cm³/mol. The van der Waals surface area contributed by atoms with Gasteiger partial charge < -0.3 is 9.67 Å². The van der Waals surface area contributed by atoms with Crippen LogP contribution in [0.25, 0.3) is 11.0 Å². The van der Waals surface area contributed by atoms with E-state index in [-0.39, 0.29) is 5.56 Å². The Morgan fingerprint density at radius 3 is 2.71 bits per heavy atom. The summed E-state index contributed by atoms with van der Waals surface area (Å²) in [7, 11) is 0. The molecule has 104 valence electrons. The minimum atomic E-state index is -0.929. The second kappa shape index (κ2) is 4.45. The van der Waals surface area contributed by atoms with Crippen LogP contribution in [-0.2, 0) is 0 Å². The van der Waals surface area contributed by atoms with Crippen molar-refractivity contribution < 1.29 is 9.90 Å². The molecule has 4 heteroatoms. The second-order valence-electron chi connectivity index (χ2n) is 5.45. The van der Waals surface area contributed by atoms with Crippen LogP contribution in [0.4, 0.5) is 0 Å². The summed E-state index contributed by atoms with van der Waals surface area (Å²) < 4.78 is 2.11. The molecule has 2 atom stereocenters. The Balaban J connectivity index is 1.73. The van der Waals surface area contributed by atoms with Crippen LogP contribution < -0.4 is 0 Å². The Hall–Kier alpha value is -2.62. The van der Waals surface area contributed by atoms with Gasteiger partial charge in [-0.3, -0.25) is 0 Å². The molecular formula is C17H14N2O2. The van der Waals surface area contributed by atoms with Crippen LogP contribution in [0.1, 0.15) is 34.3 Å². The van der Waals surface area contributed by atoms with E-state index >= 15 is 0 Å². The molecule has 0 bridgehead atoms. The molecule has 0 amide bonds. The monoisotopic (exact) mass is 278 g/mol. The molecule has 21 heavy (non-hydrogen) atoms. The van der Waals surface area contributed by atoms with Crippen molar-refractivity contribution >= 4 is 17.0 Å². The minimum Gasteiger partial charge on any atom is -0.478 e. The number of nitrogens with zero attached hydrogens (tertiary/aromatic N) is 2. The normalized spacial score (nSPS) is 20.6. The first-order chi connectivity index (χ1) is 10.3. The highest BCUT2D eigenvalue weighted by Crippen LogP contribution is 2.52. The van der Waals surface area contributed by atoms with Gasteiger partial charge in [0.1, 0.15) is 5.52 Å². The molecule has 0 spiro atoms. The third-order valence-electron chi connectivity index (χ3n) is 4.18. The minimum absolute atomic E-state index is 0.267. The molecule has 1 aliphatic carbocycles. The number of aromatic carboxylic acids is 1. The highest BCUT2D eigenvalue weighted by molar-refractivity contribution is 6.00. The van der Waals surface area contributed by atoms with Gasteiger partial charge in [0.05, 0.1) is 17.4 Å². The zero-order chi connectivity index (χ0) is 14.4. The fraction of sp³-hybridized carbons (Fsp3) is 0.176. The van der Waals surface area contributed by atoms with Gasteiger partial charge in [-0.2, -0.15) is 0 Å². The largest absolute Gasteiger partial charge is 0.478 e. The van der Waals surface area contributed by atoms with Gasteiger partial charge in [-0.15, -0.1) is 0 Å². The number of fused-ring (bicyclic) bond motifs is 1. The maximum absolute atomic E-state index is 11.2. The number of carbonyl (C=O) groups is 1. The van der Waals surface area contributed by atoms with Crippen LogP contribution in [0.5, 0.6) is 0 Å². The van der Waals surface area contributed by atoms with E-state index in [4.69, 9.17) is 0 Å². The van der Waals surface area contributed by atoms with Gasteiger partial charge in [0.2, 0.25) is 0 Å². The van der Waals surface area contributed by atoms with Crippen LogP contribution in [0.15, 0.2) is 54.9 Å². The summed E-state index contributed by atoms with van der Waals surface area (Å²) in [5.74, 6) is -0.432. The summed E-state index contributed by atoms with van der Waals surface area (Å²) >= 11 is 0. The van der Waals surface area contributed by atoms with Gasteiger partial charge >= 0.3 is 5.97 Å². The van der Waals surface area contributed by atoms with Gasteiger partial charge in [-0.05, 0) is 24.1 Å². The van der Waals surface area contributed by atoms with Gasteiger partial charge in [0, 0.05) is 12.0 Å². The zero-order valence-corrected chi connectivity index (χ0v) is 11.3. The first-order valence-corrected chi connectivity index (χ1v) is 6.99. The van der Waals surface area contributed by atoms with Gasteiger partial charge in [0.15, 0.2) is 0 Å². The Kier molecular flexibility index (Phi) is 2.57. The number of aromatic nitrogens is 2. The molecule has 1 saturated carbocycles. The van der Waals surface area contributed by atoms with Crippen molar-refractivity contribution in [3.05, 3.63) is 66.0 Å². The number of hydrogen-bond acceptors (Lipinski definition) is 2. The highest BCUT2D eigenvalue weighted by atomic mass is 16.4. The molecule has 2 unspecified atom stereocenters. The van der Waals surface area contributed by atoms with Crippen molar-refractivity contribution in [3.63, 3.8) is 0 Å². The number of rotatable bonds is 3. The fourth-order valence-electron chi connectivity index (χ4n) is 3.04. The van der Waals surface area contributed by atoms with Crippen molar-refractivity contribution in [2.75, 3.05) is 0 Å². The maximum atomic E-state index is 11.2. The van der Waals surface area contributed by atoms with Gasteiger partial charge in [-0.1, -0.05) is 36.4 Å². The van der Waals surface area contributed by atoms with Crippen molar-refractivity contribution in [3.8, 4) is 0 Å². The third kappa shape index (κ3) is 1.91. The molecule has 1 N–H and O–H groups in total. The summed E-state index contributed by atoms with van der Waals surface area (Å²) in [5.41, 5.74) is 3.07. The molecule has 2 aromatic carbocycles. The third-order valence-corrected chi connectivity index (χ3v) is 4.18. The first kappa shape index (κ1) is 12.1. The summed E-state index contributed by atoms with van der Waals surface area (Å²) in [5, 5.41) is 9.23. The van der Waals surface area contributed by atoms with E-state index in [1.165, 1.54) is 5.56 Å². The SMILES string of the molecule is O=C(O)c1cccc2c1ncn2C1CC1c1ccccc1. The quantitative estimate of drug-likeness (QED) is 0.798. The topological polar surface area (TPSA) is 55.1 Å². The summed E-state index contributed by atoms with van der Waals surface area (Å²) in [6, 6.07) is 16.1. The number of imidazole rings is 1. The summed E-state index contributed by atoms with van der Waals surface area (Å²) in [4.78, 5) is 15.6. The fourth-order valence-corrected chi connectivity index (χ4v) is 3.04. The van der Waals surface area contributed by atoms with E-state index in [1.807, 2.05) is 12.1 Å². The second-order valence-corrected chi connectivity index (χ2v) is 5.45. The lowest BCUT2D eigenvalue weighted by atomic mass is 10.1. The molecular weight excluding hydrogens is 264 g/mol. The lowest BCUT2D eigenvalue weighted by molar-refractivity contribution is 0.0699. The zero-order valence-electron chi connectivity index (χ0n) is 11.3. The summed E-state index contributed by atoms with van der Waals surface area (Å²) in [6.45, 7) is 0. The maximum Gasteiger partial charge on any atom is 0.337 e. The van der Waals surface area contributed by atoms with E-state index < -0.39 is 5.97 Å². The highest BCUT2D eigenvalue weighted by Gasteiger charge is 2.40. The number of carboxylic acids is 1. The van der Waals surface area contributed by atoms with E-state index in [1.54, 1.807) is 18.5 Å². The Labute approximate surface area is 121 Å². The first-order valence-electron chi connectivity index (χ1n) is 6.99. The van der Waals surface area contributed by atoms with E-state index in [2.05, 4.69) is 33.8 Å².